The van der Waals surface area contributed by atoms with Crippen molar-refractivity contribution >= 4 is 35.0 Å². The summed E-state index contributed by atoms with van der Waals surface area (Å²) in [6.07, 6.45) is 0.956. The third-order valence-corrected chi connectivity index (χ3v) is 7.90. The fraction of sp³-hybridized carbons (Fsp3) is 0.152. The van der Waals surface area contributed by atoms with Crippen molar-refractivity contribution in [3.63, 3.8) is 0 Å². The minimum absolute atomic E-state index is 0.262. The van der Waals surface area contributed by atoms with Crippen molar-refractivity contribution in [2.45, 2.75) is 24.9 Å². The monoisotopic (exact) mass is 611 g/mol. The number of amides is 1. The number of carbonyl (C=O) groups is 1. The van der Waals surface area contributed by atoms with Gasteiger partial charge < -0.3 is 9.47 Å². The summed E-state index contributed by atoms with van der Waals surface area (Å²) in [4.78, 5) is 32.4. The van der Waals surface area contributed by atoms with E-state index in [4.69, 9.17) is 26.2 Å². The standard InChI is InChI=1S/C33H27ClN4O4S/c1-3-41-27-19-23(18-25(34)29(27)42-20-21-12-6-4-7-13-21)31-37(32(40)22-14-8-5-9-15-22)26-17-11-10-16-24(26)28-30(39)35-33(43-2)36-38(28)31/h4-19,31H,3,20H2,1-2H3/p+1. The minimum Gasteiger partial charge on any atom is -0.490 e. The normalized spacial score (nSPS) is 13.7. The summed E-state index contributed by atoms with van der Waals surface area (Å²) in [5, 5.41) is 5.51. The van der Waals surface area contributed by atoms with Crippen LogP contribution in [0.15, 0.2) is 107 Å². The Hall–Kier alpha value is -4.60. The number of aromatic amines is 1. The van der Waals surface area contributed by atoms with Crippen LogP contribution in [-0.4, -0.2) is 28.9 Å². The Morgan fingerprint density at radius 3 is 2.42 bits per heavy atom. The van der Waals surface area contributed by atoms with Gasteiger partial charge in [0.25, 0.3) is 12.1 Å². The number of thioether (sulfide) groups is 1. The lowest BCUT2D eigenvalue weighted by Crippen LogP contribution is -2.61. The van der Waals surface area contributed by atoms with Crippen molar-refractivity contribution in [2.75, 3.05) is 17.8 Å². The van der Waals surface area contributed by atoms with Crippen LogP contribution in [0.25, 0.3) is 11.3 Å². The zero-order valence-corrected chi connectivity index (χ0v) is 25.1. The number of benzene rings is 4. The molecule has 0 bridgehead atoms. The zero-order chi connectivity index (χ0) is 29.9. The van der Waals surface area contributed by atoms with Crippen LogP contribution in [0.5, 0.6) is 11.5 Å². The number of halogens is 1. The van der Waals surface area contributed by atoms with Gasteiger partial charge in [-0.25, -0.2) is 4.90 Å². The summed E-state index contributed by atoms with van der Waals surface area (Å²) < 4.78 is 13.8. The molecule has 5 aromatic rings. The number of ether oxygens (including phenoxy) is 2. The van der Waals surface area contributed by atoms with Gasteiger partial charge in [-0.2, -0.15) is 0 Å². The Kier molecular flexibility index (Phi) is 8.18. The van der Waals surface area contributed by atoms with E-state index in [-0.39, 0.29) is 11.5 Å². The second kappa shape index (κ2) is 12.3. The predicted molar refractivity (Wildman–Crippen MR) is 167 cm³/mol. The molecule has 0 spiro atoms. The summed E-state index contributed by atoms with van der Waals surface area (Å²) in [6, 6.07) is 29.6. The molecule has 0 saturated heterocycles. The Balaban J connectivity index is 1.56. The fourth-order valence-electron chi connectivity index (χ4n) is 5.17. The smallest absolute Gasteiger partial charge is 0.325 e. The van der Waals surface area contributed by atoms with Gasteiger partial charge in [0.1, 0.15) is 6.61 Å². The molecule has 1 aliphatic heterocycles. The summed E-state index contributed by atoms with van der Waals surface area (Å²) in [5.74, 6) is 0.550. The van der Waals surface area contributed by atoms with Crippen LogP contribution in [0.2, 0.25) is 5.02 Å². The van der Waals surface area contributed by atoms with Gasteiger partial charge in [0.2, 0.25) is 5.16 Å². The van der Waals surface area contributed by atoms with Crippen molar-refractivity contribution in [2.24, 2.45) is 0 Å². The number of rotatable bonds is 8. The van der Waals surface area contributed by atoms with E-state index in [2.05, 4.69) is 4.98 Å². The molecular formula is C33H28ClN4O4S+. The number of para-hydroxylation sites is 1. The summed E-state index contributed by atoms with van der Waals surface area (Å²) >= 11 is 8.21. The molecule has 43 heavy (non-hydrogen) atoms. The Morgan fingerprint density at radius 1 is 1.00 bits per heavy atom. The van der Waals surface area contributed by atoms with E-state index in [1.165, 1.54) is 11.8 Å². The molecule has 0 radical (unpaired) electrons. The van der Waals surface area contributed by atoms with Gasteiger partial charge in [0.05, 0.1) is 28.4 Å². The number of aromatic nitrogens is 3. The maximum absolute atomic E-state index is 14.3. The number of nitrogens with zero attached hydrogens (tertiary/aromatic N) is 3. The van der Waals surface area contributed by atoms with Crippen LogP contribution < -0.4 is 24.6 Å². The Morgan fingerprint density at radius 2 is 1.70 bits per heavy atom. The number of H-pyrrole nitrogens is 1. The SMILES string of the molecule is CCOc1cc(C2N(C(=O)c3ccccc3)c3ccccc3-c3c(=O)[nH]c(SC)n[n+]32)cc(Cl)c1OCc1ccccc1. The van der Waals surface area contributed by atoms with Crippen LogP contribution >= 0.6 is 23.4 Å². The molecule has 0 fully saturated rings. The molecule has 1 atom stereocenters. The molecule has 2 heterocycles. The van der Waals surface area contributed by atoms with Gasteiger partial charge in [-0.05, 0) is 59.8 Å². The van der Waals surface area contributed by atoms with E-state index in [0.717, 1.165) is 5.56 Å². The van der Waals surface area contributed by atoms with Crippen LogP contribution in [0.4, 0.5) is 5.69 Å². The largest absolute Gasteiger partial charge is 0.490 e. The Bertz CT molecular complexity index is 1850. The van der Waals surface area contributed by atoms with E-state index in [1.807, 2.05) is 86.0 Å². The summed E-state index contributed by atoms with van der Waals surface area (Å²) in [7, 11) is 0. The van der Waals surface area contributed by atoms with Crippen molar-refractivity contribution in [1.82, 2.24) is 10.1 Å². The average Bonchev–Trinajstić information content (AvgIpc) is 3.04. The number of anilines is 1. The molecule has 6 rings (SSSR count). The molecule has 1 amide bonds. The fourth-order valence-corrected chi connectivity index (χ4v) is 5.81. The first-order valence-electron chi connectivity index (χ1n) is 13.7. The second-order valence-corrected chi connectivity index (χ2v) is 10.9. The van der Waals surface area contributed by atoms with Crippen molar-refractivity contribution < 1.29 is 19.0 Å². The average molecular weight is 612 g/mol. The second-order valence-electron chi connectivity index (χ2n) is 9.73. The molecule has 10 heteroatoms. The zero-order valence-electron chi connectivity index (χ0n) is 23.5. The van der Waals surface area contributed by atoms with Crippen molar-refractivity contribution in [3.8, 4) is 22.8 Å². The van der Waals surface area contributed by atoms with Crippen LogP contribution in [0.3, 0.4) is 0 Å². The first kappa shape index (κ1) is 28.5. The highest BCUT2D eigenvalue weighted by Crippen LogP contribution is 2.43. The van der Waals surface area contributed by atoms with Crippen LogP contribution in [-0.2, 0) is 6.61 Å². The van der Waals surface area contributed by atoms with E-state index < -0.39 is 6.17 Å². The van der Waals surface area contributed by atoms with Gasteiger partial charge in [-0.15, -0.1) is 0 Å². The van der Waals surface area contributed by atoms with E-state index in [1.54, 1.807) is 33.8 Å². The quantitative estimate of drug-likeness (QED) is 0.164. The maximum Gasteiger partial charge on any atom is 0.325 e. The van der Waals surface area contributed by atoms with Crippen LogP contribution in [0, 0.1) is 0 Å². The first-order chi connectivity index (χ1) is 21.0. The molecule has 1 aromatic heterocycles. The number of fused-ring (bicyclic) bond motifs is 3. The van der Waals surface area contributed by atoms with Gasteiger partial charge in [0.15, 0.2) is 11.5 Å². The Labute approximate surface area is 257 Å². The number of hydrogen-bond acceptors (Lipinski definition) is 6. The van der Waals surface area contributed by atoms with E-state index in [0.29, 0.717) is 63.0 Å². The lowest BCUT2D eigenvalue weighted by atomic mass is 10.00. The summed E-state index contributed by atoms with van der Waals surface area (Å²) in [5.41, 5.74) is 3.23. The molecule has 1 aliphatic rings. The van der Waals surface area contributed by atoms with Gasteiger partial charge >= 0.3 is 11.3 Å². The summed E-state index contributed by atoms with van der Waals surface area (Å²) in [6.45, 7) is 2.53. The highest BCUT2D eigenvalue weighted by Gasteiger charge is 2.46. The highest BCUT2D eigenvalue weighted by atomic mass is 35.5. The van der Waals surface area contributed by atoms with E-state index in [9.17, 15) is 9.59 Å². The first-order valence-corrected chi connectivity index (χ1v) is 15.3. The lowest BCUT2D eigenvalue weighted by Gasteiger charge is -2.32. The number of hydrogen-bond donors (Lipinski definition) is 1. The molecule has 8 nitrogen and oxygen atoms in total. The van der Waals surface area contributed by atoms with Crippen LogP contribution in [0.1, 0.15) is 34.6 Å². The molecule has 0 aliphatic carbocycles. The molecule has 216 valence electrons. The van der Waals surface area contributed by atoms with Gasteiger partial charge in [0, 0.05) is 10.7 Å². The van der Waals surface area contributed by atoms with E-state index >= 15 is 0 Å². The number of nitrogens with one attached hydrogen (secondary N) is 1. The molecule has 1 N–H and O–H groups in total. The third kappa shape index (κ3) is 5.49. The maximum atomic E-state index is 14.3. The molecular weight excluding hydrogens is 584 g/mol. The third-order valence-electron chi connectivity index (χ3n) is 7.05. The topological polar surface area (TPSA) is 88.4 Å². The molecule has 0 saturated carbocycles. The van der Waals surface area contributed by atoms with Crippen molar-refractivity contribution in [3.05, 3.63) is 129 Å². The lowest BCUT2D eigenvalue weighted by molar-refractivity contribution is -0.763. The predicted octanol–water partition coefficient (Wildman–Crippen LogP) is 6.28. The van der Waals surface area contributed by atoms with Gasteiger partial charge in [-0.3, -0.25) is 14.6 Å². The molecule has 1 unspecified atom stereocenters. The minimum atomic E-state index is -0.870. The number of carbonyl (C=O) groups excluding carboxylic acids is 1. The molecule has 4 aromatic carbocycles. The van der Waals surface area contributed by atoms with Gasteiger partial charge in [-0.1, -0.05) is 84.0 Å². The van der Waals surface area contributed by atoms with Crippen molar-refractivity contribution in [1.29, 1.82) is 0 Å². The highest BCUT2D eigenvalue weighted by molar-refractivity contribution is 7.98.